The van der Waals surface area contributed by atoms with Crippen LogP contribution in [0.4, 0.5) is 0 Å². The van der Waals surface area contributed by atoms with Crippen LogP contribution in [0.15, 0.2) is 0 Å². The summed E-state index contributed by atoms with van der Waals surface area (Å²) < 4.78 is 0. The molecule has 0 aromatic carbocycles. The van der Waals surface area contributed by atoms with E-state index in [2.05, 4.69) is 6.92 Å². The lowest BCUT2D eigenvalue weighted by Gasteiger charge is -1.90. The van der Waals surface area contributed by atoms with Gasteiger partial charge >= 0.3 is 0 Å². The Morgan fingerprint density at radius 1 is 1.83 bits per heavy atom. The van der Waals surface area contributed by atoms with Crippen LogP contribution in [0.1, 0.15) is 13.8 Å². The minimum atomic E-state index is -0.0370. The molecule has 0 bridgehead atoms. The standard InChI is InChI=1S/C5H9O/c1-4(2)5(3)6/h4H,1H2,2-3H3/t4-/m1/s1. The van der Waals surface area contributed by atoms with E-state index in [9.17, 15) is 4.79 Å². The van der Waals surface area contributed by atoms with Crippen molar-refractivity contribution in [1.29, 1.82) is 0 Å². The molecule has 1 radical (unpaired) electrons. The van der Waals surface area contributed by atoms with Gasteiger partial charge in [0.15, 0.2) is 0 Å². The SMILES string of the molecule is [CH2][C@H](C)C(C)=O. The minimum Gasteiger partial charge on any atom is -0.300 e. The number of hydrogen-bond acceptors (Lipinski definition) is 1. The third-order valence-electron chi connectivity index (χ3n) is 0.694. The number of hydrogen-bond donors (Lipinski definition) is 0. The van der Waals surface area contributed by atoms with Crippen LogP contribution >= 0.6 is 0 Å². The van der Waals surface area contributed by atoms with Crippen molar-refractivity contribution in [3.8, 4) is 0 Å². The molecule has 0 fully saturated rings. The van der Waals surface area contributed by atoms with E-state index in [1.165, 1.54) is 6.92 Å². The maximum absolute atomic E-state index is 10.1. The van der Waals surface area contributed by atoms with Gasteiger partial charge in [-0.1, -0.05) is 6.92 Å². The van der Waals surface area contributed by atoms with Crippen molar-refractivity contribution in [3.63, 3.8) is 0 Å². The monoisotopic (exact) mass is 85.1 g/mol. The van der Waals surface area contributed by atoms with Crippen molar-refractivity contribution in [2.75, 3.05) is 0 Å². The van der Waals surface area contributed by atoms with Gasteiger partial charge in [0.2, 0.25) is 0 Å². The van der Waals surface area contributed by atoms with Gasteiger partial charge in [0.05, 0.1) is 0 Å². The van der Waals surface area contributed by atoms with Gasteiger partial charge in [-0.25, -0.2) is 0 Å². The zero-order valence-corrected chi connectivity index (χ0v) is 4.19. The highest BCUT2D eigenvalue weighted by Gasteiger charge is 1.95. The average Bonchev–Trinajstić information content (AvgIpc) is 1.36. The van der Waals surface area contributed by atoms with Gasteiger partial charge in [-0.2, -0.15) is 0 Å². The number of ketones is 1. The van der Waals surface area contributed by atoms with E-state index in [4.69, 9.17) is 0 Å². The van der Waals surface area contributed by atoms with E-state index in [0.717, 1.165) is 0 Å². The number of Topliss-reactive ketones (excluding diaryl/α,β-unsaturated/α-hetero) is 1. The number of carbonyl (C=O) groups is 1. The van der Waals surface area contributed by atoms with Crippen molar-refractivity contribution in [1.82, 2.24) is 0 Å². The second-order valence-corrected chi connectivity index (χ2v) is 1.51. The molecule has 1 atom stereocenters. The summed E-state index contributed by atoms with van der Waals surface area (Å²) in [6.07, 6.45) is 0. The molecule has 0 unspecified atom stereocenters. The molecule has 0 aliphatic carbocycles. The summed E-state index contributed by atoms with van der Waals surface area (Å²) >= 11 is 0. The van der Waals surface area contributed by atoms with E-state index in [1.807, 2.05) is 0 Å². The molecule has 6 heavy (non-hydrogen) atoms. The summed E-state index contributed by atoms with van der Waals surface area (Å²) in [6.45, 7) is 6.81. The predicted molar refractivity (Wildman–Crippen MR) is 25.2 cm³/mol. The van der Waals surface area contributed by atoms with Gasteiger partial charge in [-0.3, -0.25) is 4.79 Å². The Bertz CT molecular complexity index is 55.0. The van der Waals surface area contributed by atoms with Crippen molar-refractivity contribution in [2.45, 2.75) is 13.8 Å². The second kappa shape index (κ2) is 1.96. The summed E-state index contributed by atoms with van der Waals surface area (Å²) in [5.41, 5.74) is 0. The van der Waals surface area contributed by atoms with E-state index in [0.29, 0.717) is 0 Å². The van der Waals surface area contributed by atoms with E-state index < -0.39 is 0 Å². The summed E-state index contributed by atoms with van der Waals surface area (Å²) in [5, 5.41) is 0. The topological polar surface area (TPSA) is 17.1 Å². The van der Waals surface area contributed by atoms with E-state index in [-0.39, 0.29) is 11.7 Å². The van der Waals surface area contributed by atoms with E-state index >= 15 is 0 Å². The Hall–Kier alpha value is -0.330. The Balaban J connectivity index is 3.26. The first-order valence-corrected chi connectivity index (χ1v) is 1.98. The molecule has 0 N–H and O–H groups in total. The summed E-state index contributed by atoms with van der Waals surface area (Å²) in [7, 11) is 0. The minimum absolute atomic E-state index is 0.0370. The summed E-state index contributed by atoms with van der Waals surface area (Å²) in [6, 6.07) is 0. The Morgan fingerprint density at radius 3 is 2.00 bits per heavy atom. The van der Waals surface area contributed by atoms with Crippen LogP contribution in [0, 0.1) is 12.8 Å². The Kier molecular flexibility index (Phi) is 1.85. The lowest BCUT2D eigenvalue weighted by atomic mass is 10.1. The molecule has 0 heterocycles. The molecule has 1 heteroatoms. The lowest BCUT2D eigenvalue weighted by molar-refractivity contribution is -0.119. The third-order valence-corrected chi connectivity index (χ3v) is 0.694. The highest BCUT2D eigenvalue weighted by atomic mass is 16.1. The first-order valence-electron chi connectivity index (χ1n) is 1.98. The number of carbonyl (C=O) groups excluding carboxylic acids is 1. The maximum Gasteiger partial charge on any atom is 0.132 e. The molecule has 0 saturated heterocycles. The molecule has 0 spiro atoms. The quantitative estimate of drug-likeness (QED) is 0.465. The fourth-order valence-electron chi connectivity index (χ4n) is 0. The molecular formula is C5H9O. The highest BCUT2D eigenvalue weighted by Crippen LogP contribution is 1.88. The van der Waals surface area contributed by atoms with E-state index in [1.54, 1.807) is 6.92 Å². The first-order chi connectivity index (χ1) is 2.64. The second-order valence-electron chi connectivity index (χ2n) is 1.51. The molecule has 0 aliphatic heterocycles. The van der Waals surface area contributed by atoms with Gasteiger partial charge in [0, 0.05) is 5.92 Å². The van der Waals surface area contributed by atoms with Crippen LogP contribution < -0.4 is 0 Å². The van der Waals surface area contributed by atoms with Gasteiger partial charge in [-0.15, -0.1) is 0 Å². The maximum atomic E-state index is 10.1. The van der Waals surface area contributed by atoms with Crippen LogP contribution in [0.3, 0.4) is 0 Å². The Labute approximate surface area is 38.4 Å². The van der Waals surface area contributed by atoms with Crippen molar-refractivity contribution in [3.05, 3.63) is 6.92 Å². The fourth-order valence-corrected chi connectivity index (χ4v) is 0. The molecule has 0 rings (SSSR count). The first kappa shape index (κ1) is 5.67. The molecule has 0 aromatic heterocycles. The Morgan fingerprint density at radius 2 is 2.00 bits per heavy atom. The average molecular weight is 85.1 g/mol. The number of rotatable bonds is 1. The molecule has 0 aromatic rings. The molecule has 1 nitrogen and oxygen atoms in total. The zero-order chi connectivity index (χ0) is 5.15. The fraction of sp³-hybridized carbons (Fsp3) is 0.600. The zero-order valence-electron chi connectivity index (χ0n) is 4.19. The lowest BCUT2D eigenvalue weighted by Crippen LogP contribution is -1.99. The van der Waals surface area contributed by atoms with Crippen molar-refractivity contribution in [2.24, 2.45) is 5.92 Å². The van der Waals surface area contributed by atoms with Gasteiger partial charge in [-0.05, 0) is 13.8 Å². The smallest absolute Gasteiger partial charge is 0.132 e. The molecule has 0 saturated carbocycles. The molecule has 0 aliphatic rings. The summed E-state index contributed by atoms with van der Waals surface area (Å²) in [4.78, 5) is 10.1. The third kappa shape index (κ3) is 1.94. The highest BCUT2D eigenvalue weighted by molar-refractivity contribution is 5.78. The van der Waals surface area contributed by atoms with Gasteiger partial charge in [0.25, 0.3) is 0 Å². The molecular weight excluding hydrogens is 76.1 g/mol. The van der Waals surface area contributed by atoms with Crippen molar-refractivity contribution < 1.29 is 4.79 Å². The normalized spacial score (nSPS) is 9.33. The van der Waals surface area contributed by atoms with Crippen LogP contribution in [-0.4, -0.2) is 5.78 Å². The van der Waals surface area contributed by atoms with Crippen LogP contribution in [-0.2, 0) is 4.79 Å². The van der Waals surface area contributed by atoms with Crippen LogP contribution in [0.2, 0.25) is 0 Å². The van der Waals surface area contributed by atoms with Crippen LogP contribution in [0.25, 0.3) is 0 Å². The molecule has 0 amide bonds. The largest absolute Gasteiger partial charge is 0.300 e. The molecule has 35 valence electrons. The van der Waals surface area contributed by atoms with Crippen molar-refractivity contribution >= 4 is 5.78 Å². The van der Waals surface area contributed by atoms with Crippen LogP contribution in [0.5, 0.6) is 0 Å². The van der Waals surface area contributed by atoms with Gasteiger partial charge < -0.3 is 0 Å². The summed E-state index contributed by atoms with van der Waals surface area (Å²) in [5.74, 6) is 0.111. The predicted octanol–water partition coefficient (Wildman–Crippen LogP) is 1.05. The van der Waals surface area contributed by atoms with Gasteiger partial charge in [0.1, 0.15) is 5.78 Å².